The van der Waals surface area contributed by atoms with Crippen molar-refractivity contribution in [3.8, 4) is 0 Å². The number of carbonyl (C=O) groups is 1. The number of carbonyl (C=O) groups excluding carboxylic acids is 1. The molecule has 0 unspecified atom stereocenters. The van der Waals surface area contributed by atoms with Crippen LogP contribution in [0.1, 0.15) is 16.1 Å². The summed E-state index contributed by atoms with van der Waals surface area (Å²) in [5.41, 5.74) is 0.882. The third-order valence-corrected chi connectivity index (χ3v) is 3.10. The summed E-state index contributed by atoms with van der Waals surface area (Å²) in [5, 5.41) is 9.34. The van der Waals surface area contributed by atoms with Gasteiger partial charge < -0.3 is 14.9 Å². The molecule has 7 heteroatoms. The molecule has 2 rings (SSSR count). The van der Waals surface area contributed by atoms with Crippen LogP contribution in [0.2, 0.25) is 0 Å². The third-order valence-electron chi connectivity index (χ3n) is 3.10. The number of hydrogen-bond donors (Lipinski definition) is 1. The highest BCUT2D eigenvalue weighted by Gasteiger charge is 2.35. The number of likely N-dealkylation sites (tertiary alicyclic amines) is 1. The van der Waals surface area contributed by atoms with Gasteiger partial charge in [0, 0.05) is 26.8 Å². The Hall–Kier alpha value is -1.76. The number of aliphatic hydroxyl groups is 1. The SMILES string of the molecule is Cc1nc(N(C)C)ncc1C(=O)N1C[C@@H](O)[C@H](F)C1. The molecule has 104 valence electrons. The van der Waals surface area contributed by atoms with Gasteiger partial charge >= 0.3 is 0 Å². The van der Waals surface area contributed by atoms with Crippen molar-refractivity contribution in [2.75, 3.05) is 32.1 Å². The van der Waals surface area contributed by atoms with Gasteiger partial charge in [-0.05, 0) is 6.92 Å². The molecule has 0 aliphatic carbocycles. The number of rotatable bonds is 2. The Balaban J connectivity index is 2.20. The van der Waals surface area contributed by atoms with Crippen molar-refractivity contribution in [1.82, 2.24) is 14.9 Å². The Bertz CT molecular complexity index is 485. The van der Waals surface area contributed by atoms with E-state index < -0.39 is 12.3 Å². The van der Waals surface area contributed by atoms with Crippen molar-refractivity contribution in [1.29, 1.82) is 0 Å². The predicted molar refractivity (Wildman–Crippen MR) is 67.9 cm³/mol. The molecular formula is C12H17FN4O2. The van der Waals surface area contributed by atoms with E-state index in [1.165, 1.54) is 11.1 Å². The van der Waals surface area contributed by atoms with E-state index in [0.717, 1.165) is 0 Å². The summed E-state index contributed by atoms with van der Waals surface area (Å²) in [7, 11) is 3.61. The summed E-state index contributed by atoms with van der Waals surface area (Å²) in [6.07, 6.45) is -1.05. The van der Waals surface area contributed by atoms with Gasteiger partial charge in [-0.15, -0.1) is 0 Å². The fourth-order valence-electron chi connectivity index (χ4n) is 1.96. The maximum atomic E-state index is 13.2. The van der Waals surface area contributed by atoms with Gasteiger partial charge in [-0.3, -0.25) is 4.79 Å². The number of anilines is 1. The summed E-state index contributed by atoms with van der Waals surface area (Å²) >= 11 is 0. The van der Waals surface area contributed by atoms with E-state index in [1.807, 2.05) is 0 Å². The average molecular weight is 268 g/mol. The normalized spacial score (nSPS) is 22.7. The zero-order chi connectivity index (χ0) is 14.2. The summed E-state index contributed by atoms with van der Waals surface area (Å²) in [4.78, 5) is 23.5. The van der Waals surface area contributed by atoms with Crippen molar-refractivity contribution < 1.29 is 14.3 Å². The van der Waals surface area contributed by atoms with Gasteiger partial charge in [0.25, 0.3) is 5.91 Å². The summed E-state index contributed by atoms with van der Waals surface area (Å²) in [6.45, 7) is 1.63. The van der Waals surface area contributed by atoms with Crippen molar-refractivity contribution in [2.45, 2.75) is 19.2 Å². The van der Waals surface area contributed by atoms with Crippen LogP contribution in [0.4, 0.5) is 10.3 Å². The first-order valence-corrected chi connectivity index (χ1v) is 6.02. The van der Waals surface area contributed by atoms with Crippen LogP contribution >= 0.6 is 0 Å². The molecule has 1 aromatic heterocycles. The number of alkyl halides is 1. The summed E-state index contributed by atoms with van der Waals surface area (Å²) in [5.74, 6) is 0.167. The Morgan fingerprint density at radius 2 is 2.21 bits per heavy atom. The van der Waals surface area contributed by atoms with E-state index in [-0.39, 0.29) is 19.0 Å². The number of hydrogen-bond acceptors (Lipinski definition) is 5. The predicted octanol–water partition coefficient (Wildman–Crippen LogP) is 0.00582. The molecule has 2 atom stereocenters. The van der Waals surface area contributed by atoms with Crippen molar-refractivity contribution in [3.05, 3.63) is 17.5 Å². The minimum absolute atomic E-state index is 0.00880. The van der Waals surface area contributed by atoms with Gasteiger partial charge in [-0.2, -0.15) is 0 Å². The van der Waals surface area contributed by atoms with E-state index >= 15 is 0 Å². The molecule has 1 aliphatic heterocycles. The molecular weight excluding hydrogens is 251 g/mol. The zero-order valence-electron chi connectivity index (χ0n) is 11.2. The van der Waals surface area contributed by atoms with Gasteiger partial charge in [0.15, 0.2) is 0 Å². The fourth-order valence-corrected chi connectivity index (χ4v) is 1.96. The highest BCUT2D eigenvalue weighted by molar-refractivity contribution is 5.95. The van der Waals surface area contributed by atoms with Crippen LogP contribution in [0, 0.1) is 6.92 Å². The number of nitrogens with zero attached hydrogens (tertiary/aromatic N) is 4. The van der Waals surface area contributed by atoms with Crippen LogP contribution in [-0.4, -0.2) is 65.3 Å². The smallest absolute Gasteiger partial charge is 0.257 e. The van der Waals surface area contributed by atoms with E-state index in [9.17, 15) is 14.3 Å². The largest absolute Gasteiger partial charge is 0.388 e. The molecule has 19 heavy (non-hydrogen) atoms. The Morgan fingerprint density at radius 1 is 1.53 bits per heavy atom. The molecule has 0 aromatic carbocycles. The van der Waals surface area contributed by atoms with E-state index in [0.29, 0.717) is 17.2 Å². The van der Waals surface area contributed by atoms with Gasteiger partial charge in [-0.1, -0.05) is 0 Å². The maximum Gasteiger partial charge on any atom is 0.257 e. The first-order chi connectivity index (χ1) is 8.90. The molecule has 1 amide bonds. The molecule has 1 fully saturated rings. The lowest BCUT2D eigenvalue weighted by Gasteiger charge is -2.17. The third kappa shape index (κ3) is 2.65. The molecule has 1 N–H and O–H groups in total. The molecule has 0 spiro atoms. The molecule has 1 aliphatic rings. The first kappa shape index (κ1) is 13.7. The van der Waals surface area contributed by atoms with E-state index in [2.05, 4.69) is 9.97 Å². The van der Waals surface area contributed by atoms with Crippen molar-refractivity contribution >= 4 is 11.9 Å². The quantitative estimate of drug-likeness (QED) is 0.818. The summed E-state index contributed by atoms with van der Waals surface area (Å²) in [6, 6.07) is 0. The highest BCUT2D eigenvalue weighted by Crippen LogP contribution is 2.18. The second-order valence-corrected chi connectivity index (χ2v) is 4.86. The average Bonchev–Trinajstić information content (AvgIpc) is 2.68. The lowest BCUT2D eigenvalue weighted by Crippen LogP contribution is -2.30. The van der Waals surface area contributed by atoms with Crippen LogP contribution < -0.4 is 4.90 Å². The Labute approximate surface area is 110 Å². The highest BCUT2D eigenvalue weighted by atomic mass is 19.1. The number of β-amino-alcohol motifs (C(OH)–C–C–N with tert-alkyl or cyclic N) is 1. The van der Waals surface area contributed by atoms with Crippen LogP contribution in [0.15, 0.2) is 6.20 Å². The summed E-state index contributed by atoms with van der Waals surface area (Å²) < 4.78 is 13.2. The topological polar surface area (TPSA) is 69.6 Å². The molecule has 0 saturated carbocycles. The van der Waals surface area contributed by atoms with E-state index in [1.54, 1.807) is 25.9 Å². The Kier molecular flexibility index (Phi) is 3.66. The fraction of sp³-hybridized carbons (Fsp3) is 0.583. The number of aliphatic hydroxyl groups excluding tert-OH is 1. The molecule has 6 nitrogen and oxygen atoms in total. The molecule has 0 radical (unpaired) electrons. The Morgan fingerprint density at radius 3 is 2.68 bits per heavy atom. The van der Waals surface area contributed by atoms with Crippen molar-refractivity contribution in [2.24, 2.45) is 0 Å². The van der Waals surface area contributed by atoms with Gasteiger partial charge in [0.1, 0.15) is 12.3 Å². The van der Waals surface area contributed by atoms with Gasteiger partial charge in [-0.25, -0.2) is 14.4 Å². The first-order valence-electron chi connectivity index (χ1n) is 6.02. The molecule has 1 saturated heterocycles. The number of amides is 1. The van der Waals surface area contributed by atoms with Crippen molar-refractivity contribution in [3.63, 3.8) is 0 Å². The van der Waals surface area contributed by atoms with Crippen LogP contribution in [0.5, 0.6) is 0 Å². The standard InChI is InChI=1S/C12H17FN4O2/c1-7-8(4-14-12(15-7)16(2)3)11(19)17-5-9(13)10(18)6-17/h4,9-10,18H,5-6H2,1-3H3/t9-,10-/m1/s1. The molecule has 0 bridgehead atoms. The number of halogens is 1. The monoisotopic (exact) mass is 268 g/mol. The maximum absolute atomic E-state index is 13.2. The zero-order valence-corrected chi connectivity index (χ0v) is 11.2. The van der Waals surface area contributed by atoms with Crippen LogP contribution in [0.3, 0.4) is 0 Å². The number of aromatic nitrogens is 2. The molecule has 2 heterocycles. The van der Waals surface area contributed by atoms with Gasteiger partial charge in [0.05, 0.1) is 17.8 Å². The lowest BCUT2D eigenvalue weighted by molar-refractivity contribution is 0.0762. The minimum atomic E-state index is -1.38. The second-order valence-electron chi connectivity index (χ2n) is 4.86. The minimum Gasteiger partial charge on any atom is -0.388 e. The van der Waals surface area contributed by atoms with Crippen LogP contribution in [-0.2, 0) is 0 Å². The van der Waals surface area contributed by atoms with E-state index in [4.69, 9.17) is 0 Å². The number of aryl methyl sites for hydroxylation is 1. The molecule has 1 aromatic rings. The lowest BCUT2D eigenvalue weighted by atomic mass is 10.2. The van der Waals surface area contributed by atoms with Gasteiger partial charge in [0.2, 0.25) is 5.95 Å². The second kappa shape index (κ2) is 5.08. The van der Waals surface area contributed by atoms with Crippen LogP contribution in [0.25, 0.3) is 0 Å².